The van der Waals surface area contributed by atoms with Gasteiger partial charge in [-0.2, -0.15) is 0 Å². The number of ketones is 1. The SMILES string of the molecule is CCCCCCCCCCCCCCCC(=O)CCCCC(O)CN(CCCCCCCCCCCCCC)CCCCN(CCCCCCCCCCCCCC)CC(O)CNCCC(=O)OCCCCCCCCCCCCCC. The van der Waals surface area contributed by atoms with Gasteiger partial charge in [0, 0.05) is 39.0 Å². The number of aliphatic hydroxyl groups is 2. The molecule has 0 radical (unpaired) electrons. The minimum absolute atomic E-state index is 0.138. The van der Waals surface area contributed by atoms with Crippen LogP contribution >= 0.6 is 0 Å². The van der Waals surface area contributed by atoms with Gasteiger partial charge in [-0.15, -0.1) is 0 Å². The standard InChI is InChI=1S/C74H149N3O5/c1-5-9-13-17-21-25-29-33-34-38-42-46-50-58-71(78)59-51-52-60-72(79)69-76(63-53-47-43-39-35-30-26-22-18-14-10-6-2)65-55-56-66-77(64-54-48-44-40-36-31-27-23-19-15-11-7-3)70-73(80)68-75-62-61-74(81)82-67-57-49-45-41-37-32-28-24-20-16-12-8-4/h72-73,75,79-80H,5-70H2,1-4H3. The van der Waals surface area contributed by atoms with Crippen molar-refractivity contribution in [2.45, 2.75) is 406 Å². The van der Waals surface area contributed by atoms with Crippen molar-refractivity contribution in [1.29, 1.82) is 0 Å². The molecule has 0 aliphatic rings. The van der Waals surface area contributed by atoms with Crippen LogP contribution in [0.4, 0.5) is 0 Å². The summed E-state index contributed by atoms with van der Waals surface area (Å²) in [6, 6.07) is 0. The monoisotopic (exact) mass is 1160 g/mol. The maximum atomic E-state index is 12.7. The lowest BCUT2D eigenvalue weighted by Crippen LogP contribution is -2.40. The smallest absolute Gasteiger partial charge is 0.307 e. The van der Waals surface area contributed by atoms with E-state index in [0.29, 0.717) is 44.9 Å². The average Bonchev–Trinajstić information content (AvgIpc) is 3.47. The van der Waals surface area contributed by atoms with Crippen molar-refractivity contribution in [2.75, 3.05) is 59.0 Å². The highest BCUT2D eigenvalue weighted by Crippen LogP contribution is 2.18. The molecule has 0 aliphatic heterocycles. The quantitative estimate of drug-likeness (QED) is 0.0409. The first kappa shape index (κ1) is 80.9. The molecule has 0 aromatic carbocycles. The lowest BCUT2D eigenvalue weighted by molar-refractivity contribution is -0.143. The topological polar surface area (TPSA) is 102 Å². The Kier molecular flexibility index (Phi) is 68.2. The van der Waals surface area contributed by atoms with Crippen molar-refractivity contribution >= 4 is 11.8 Å². The average molecular weight is 1160 g/mol. The molecule has 8 nitrogen and oxygen atoms in total. The molecule has 0 saturated heterocycles. The summed E-state index contributed by atoms with van der Waals surface area (Å²) in [6.45, 7) is 16.1. The van der Waals surface area contributed by atoms with Gasteiger partial charge in [-0.1, -0.05) is 323 Å². The molecule has 0 fully saturated rings. The first-order chi connectivity index (χ1) is 40.4. The summed E-state index contributed by atoms with van der Waals surface area (Å²) in [5.41, 5.74) is 0. The van der Waals surface area contributed by atoms with E-state index in [4.69, 9.17) is 4.74 Å². The molecule has 82 heavy (non-hydrogen) atoms. The van der Waals surface area contributed by atoms with Gasteiger partial charge in [0.25, 0.3) is 0 Å². The Bertz CT molecular complexity index is 1150. The third kappa shape index (κ3) is 64.9. The summed E-state index contributed by atoms with van der Waals surface area (Å²) in [4.78, 5) is 30.3. The third-order valence-electron chi connectivity index (χ3n) is 17.7. The molecule has 2 unspecified atom stereocenters. The Morgan fingerprint density at radius 3 is 0.939 bits per heavy atom. The largest absolute Gasteiger partial charge is 0.466 e. The summed E-state index contributed by atoms with van der Waals surface area (Å²) < 4.78 is 5.55. The Morgan fingerprint density at radius 2 is 0.598 bits per heavy atom. The number of ether oxygens (including phenoxy) is 1. The number of carbonyl (C=O) groups is 2. The van der Waals surface area contributed by atoms with Gasteiger partial charge >= 0.3 is 5.97 Å². The summed E-state index contributed by atoms with van der Waals surface area (Å²) in [7, 11) is 0. The zero-order chi connectivity index (χ0) is 59.5. The van der Waals surface area contributed by atoms with Crippen molar-refractivity contribution in [2.24, 2.45) is 0 Å². The zero-order valence-corrected chi connectivity index (χ0v) is 56.3. The van der Waals surface area contributed by atoms with Gasteiger partial charge in [0.15, 0.2) is 0 Å². The van der Waals surface area contributed by atoms with Crippen LogP contribution in [0.5, 0.6) is 0 Å². The summed E-state index contributed by atoms with van der Waals surface area (Å²) in [5.74, 6) is 0.279. The van der Waals surface area contributed by atoms with Crippen LogP contribution in [-0.2, 0) is 14.3 Å². The molecule has 0 bridgehead atoms. The number of nitrogens with one attached hydrogen (secondary N) is 1. The van der Waals surface area contributed by atoms with Gasteiger partial charge in [-0.05, 0) is 77.5 Å². The fourth-order valence-electron chi connectivity index (χ4n) is 12.2. The van der Waals surface area contributed by atoms with E-state index >= 15 is 0 Å². The summed E-state index contributed by atoms with van der Waals surface area (Å²) >= 11 is 0. The van der Waals surface area contributed by atoms with Gasteiger partial charge in [-0.25, -0.2) is 0 Å². The van der Waals surface area contributed by atoms with E-state index in [1.165, 1.54) is 295 Å². The first-order valence-corrected chi connectivity index (χ1v) is 37.5. The minimum Gasteiger partial charge on any atom is -0.466 e. The maximum absolute atomic E-state index is 12.7. The van der Waals surface area contributed by atoms with Crippen LogP contribution < -0.4 is 5.32 Å². The molecule has 0 spiro atoms. The van der Waals surface area contributed by atoms with Crippen LogP contribution in [0.15, 0.2) is 0 Å². The van der Waals surface area contributed by atoms with Gasteiger partial charge in [0.05, 0.1) is 25.2 Å². The third-order valence-corrected chi connectivity index (χ3v) is 17.7. The molecule has 2 atom stereocenters. The number of Topliss-reactive ketones (excluding diaryl/α,β-unsaturated/α-hetero) is 1. The van der Waals surface area contributed by atoms with E-state index in [1.54, 1.807) is 0 Å². The highest BCUT2D eigenvalue weighted by atomic mass is 16.5. The number of aliphatic hydroxyl groups excluding tert-OH is 2. The molecule has 0 rings (SSSR count). The fourth-order valence-corrected chi connectivity index (χ4v) is 12.2. The molecule has 0 heterocycles. The van der Waals surface area contributed by atoms with Crippen molar-refractivity contribution in [3.8, 4) is 0 Å². The molecule has 0 amide bonds. The number of carbonyl (C=O) groups excluding carboxylic acids is 2. The van der Waals surface area contributed by atoms with Gasteiger partial charge < -0.3 is 30.1 Å². The zero-order valence-electron chi connectivity index (χ0n) is 56.3. The van der Waals surface area contributed by atoms with E-state index in [2.05, 4.69) is 42.8 Å². The number of hydrogen-bond donors (Lipinski definition) is 3. The molecule has 3 N–H and O–H groups in total. The van der Waals surface area contributed by atoms with Crippen LogP contribution in [0.2, 0.25) is 0 Å². The van der Waals surface area contributed by atoms with Crippen LogP contribution in [0.3, 0.4) is 0 Å². The van der Waals surface area contributed by atoms with Gasteiger partial charge in [0.2, 0.25) is 0 Å². The molecule has 8 heteroatoms. The lowest BCUT2D eigenvalue weighted by Gasteiger charge is -2.27. The Balaban J connectivity index is 4.97. The van der Waals surface area contributed by atoms with Crippen molar-refractivity contribution in [3.05, 3.63) is 0 Å². The van der Waals surface area contributed by atoms with Crippen LogP contribution in [0, 0.1) is 0 Å². The normalized spacial score (nSPS) is 12.6. The van der Waals surface area contributed by atoms with Crippen LogP contribution in [0.1, 0.15) is 394 Å². The lowest BCUT2D eigenvalue weighted by atomic mass is 10.0. The van der Waals surface area contributed by atoms with Crippen molar-refractivity contribution in [1.82, 2.24) is 15.1 Å². The number of esters is 1. The second kappa shape index (κ2) is 69.0. The van der Waals surface area contributed by atoms with Crippen LogP contribution in [-0.4, -0.2) is 103 Å². The Hall–Kier alpha value is -1.06. The molecule has 0 saturated carbocycles. The second-order valence-corrected chi connectivity index (χ2v) is 26.2. The van der Waals surface area contributed by atoms with E-state index < -0.39 is 6.10 Å². The molecular weight excluding hydrogens is 1010 g/mol. The number of hydrogen-bond acceptors (Lipinski definition) is 8. The molecular formula is C74H149N3O5. The predicted molar refractivity (Wildman–Crippen MR) is 360 cm³/mol. The van der Waals surface area contributed by atoms with Crippen LogP contribution in [0.25, 0.3) is 0 Å². The highest BCUT2D eigenvalue weighted by molar-refractivity contribution is 5.78. The Labute approximate surface area is 513 Å². The number of rotatable bonds is 72. The van der Waals surface area contributed by atoms with Crippen molar-refractivity contribution in [3.63, 3.8) is 0 Å². The van der Waals surface area contributed by atoms with E-state index in [-0.39, 0.29) is 12.1 Å². The molecule has 0 aliphatic carbocycles. The summed E-state index contributed by atoms with van der Waals surface area (Å²) in [5, 5.41) is 26.0. The fraction of sp³-hybridized carbons (Fsp3) is 0.973. The second-order valence-electron chi connectivity index (χ2n) is 26.2. The number of unbranched alkanes of at least 4 members (excludes halogenated alkanes) is 47. The first-order valence-electron chi connectivity index (χ1n) is 37.5. The Morgan fingerprint density at radius 1 is 0.329 bits per heavy atom. The summed E-state index contributed by atoms with van der Waals surface area (Å²) in [6.07, 6.45) is 70.8. The predicted octanol–water partition coefficient (Wildman–Crippen LogP) is 21.3. The van der Waals surface area contributed by atoms with E-state index in [0.717, 1.165) is 90.5 Å². The van der Waals surface area contributed by atoms with E-state index in [9.17, 15) is 19.8 Å². The van der Waals surface area contributed by atoms with Gasteiger partial charge in [0.1, 0.15) is 5.78 Å². The minimum atomic E-state index is -0.485. The maximum Gasteiger partial charge on any atom is 0.307 e. The van der Waals surface area contributed by atoms with Crippen molar-refractivity contribution < 1.29 is 24.5 Å². The molecule has 0 aromatic heterocycles. The van der Waals surface area contributed by atoms with Gasteiger partial charge in [-0.3, -0.25) is 9.59 Å². The number of nitrogens with zero attached hydrogens (tertiary/aromatic N) is 2. The molecule has 0 aromatic rings. The molecule has 490 valence electrons. The highest BCUT2D eigenvalue weighted by Gasteiger charge is 2.16. The van der Waals surface area contributed by atoms with E-state index in [1.807, 2.05) is 0 Å².